The summed E-state index contributed by atoms with van der Waals surface area (Å²) in [4.78, 5) is -0.698. The molecule has 0 aliphatic carbocycles. The van der Waals surface area contributed by atoms with E-state index in [9.17, 15) is 34.4 Å². The van der Waals surface area contributed by atoms with Gasteiger partial charge in [0.2, 0.25) is 9.84 Å². The molecule has 0 radical (unpaired) electrons. The Morgan fingerprint density at radius 1 is 0.528 bits per heavy atom. The van der Waals surface area contributed by atoms with Crippen LogP contribution in [0.5, 0.6) is 0 Å². The lowest BCUT2D eigenvalue weighted by Crippen LogP contribution is -2.04. The Morgan fingerprint density at radius 2 is 0.887 bits per heavy atom. The van der Waals surface area contributed by atoms with E-state index < -0.39 is 30.1 Å². The zero-order chi connectivity index (χ0) is 38.3. The molecule has 53 heavy (non-hydrogen) atoms. The molecule has 0 saturated carbocycles. The fourth-order valence-electron chi connectivity index (χ4n) is 5.00. The first kappa shape index (κ1) is 36.7. The molecule has 6 rings (SSSR count). The first-order chi connectivity index (χ1) is 24.9. The lowest BCUT2D eigenvalue weighted by molar-refractivity contribution is 0.481. The molecule has 2 aromatic heterocycles. The minimum atomic E-state index is -4.45. The highest BCUT2D eigenvalue weighted by Crippen LogP contribution is 2.33. The third-order valence-electron chi connectivity index (χ3n) is 7.67. The SMILES string of the molecule is Cc1nn(-c2cccc(S(=O)(=O)O)c2)c(N)c1N=Nc1ccc(S(=O)(=O)c2ccc(N=Nc3c(C)nn(-c4cccc(S(=O)(=O)O)c4)c3N)cc2)cc1. The van der Waals surface area contributed by atoms with Crippen LogP contribution < -0.4 is 11.5 Å². The van der Waals surface area contributed by atoms with Gasteiger partial charge in [-0.2, -0.15) is 37.3 Å². The number of azo groups is 2. The number of nitrogens with zero attached hydrogens (tertiary/aromatic N) is 8. The second-order valence-electron chi connectivity index (χ2n) is 11.3. The van der Waals surface area contributed by atoms with Crippen molar-refractivity contribution in [3.05, 3.63) is 108 Å². The Labute approximate surface area is 302 Å². The number of rotatable bonds is 10. The first-order valence-corrected chi connectivity index (χ1v) is 19.4. The number of hydrogen-bond acceptors (Lipinski definition) is 14. The molecular weight excluding hydrogens is 749 g/mol. The summed E-state index contributed by atoms with van der Waals surface area (Å²) in [5.41, 5.74) is 14.8. The molecule has 272 valence electrons. The molecule has 0 unspecified atom stereocenters. The lowest BCUT2D eigenvalue weighted by Gasteiger charge is -2.06. The van der Waals surface area contributed by atoms with Crippen molar-refractivity contribution >= 4 is 64.5 Å². The van der Waals surface area contributed by atoms with Crippen molar-refractivity contribution < 1.29 is 34.4 Å². The lowest BCUT2D eigenvalue weighted by atomic mass is 10.3. The van der Waals surface area contributed by atoms with Gasteiger partial charge in [-0.3, -0.25) is 9.11 Å². The molecule has 0 aliphatic heterocycles. The Morgan fingerprint density at radius 3 is 1.23 bits per heavy atom. The highest BCUT2D eigenvalue weighted by atomic mass is 32.2. The van der Waals surface area contributed by atoms with Crippen molar-refractivity contribution in [1.29, 1.82) is 0 Å². The summed E-state index contributed by atoms with van der Waals surface area (Å²) in [5, 5.41) is 25.2. The molecule has 0 aliphatic rings. The quantitative estimate of drug-likeness (QED) is 0.0921. The van der Waals surface area contributed by atoms with Gasteiger partial charge in [-0.25, -0.2) is 17.8 Å². The van der Waals surface area contributed by atoms with Gasteiger partial charge >= 0.3 is 0 Å². The fourth-order valence-corrected chi connectivity index (χ4v) is 7.30. The van der Waals surface area contributed by atoms with Crippen LogP contribution in [0.3, 0.4) is 0 Å². The molecule has 0 spiro atoms. The van der Waals surface area contributed by atoms with Crippen molar-refractivity contribution in [3.63, 3.8) is 0 Å². The molecule has 18 nitrogen and oxygen atoms in total. The smallest absolute Gasteiger partial charge is 0.294 e. The maximum Gasteiger partial charge on any atom is 0.294 e. The van der Waals surface area contributed by atoms with E-state index in [0.29, 0.717) is 22.8 Å². The van der Waals surface area contributed by atoms with Crippen LogP contribution >= 0.6 is 0 Å². The standard InChI is InChI=1S/C32H28N10O8S3/c1-19-29(31(33)41(39-19)23-5-3-7-27(17-23)52(45,46)47)37-35-21-9-13-25(14-10-21)51(43,44)26-15-11-22(12-16-26)36-38-30-20(2)40-42(32(30)34)24-6-4-8-28(18-24)53(48,49)50/h3-18H,33-34H2,1-2H3,(H,45,46,47)(H,48,49,50). The number of aryl methyl sites for hydroxylation is 2. The van der Waals surface area contributed by atoms with Crippen molar-refractivity contribution in [2.45, 2.75) is 33.4 Å². The number of hydrogen-bond donors (Lipinski definition) is 4. The molecule has 21 heteroatoms. The third-order valence-corrected chi connectivity index (χ3v) is 11.2. The molecule has 6 aromatic rings. The molecule has 2 heterocycles. The van der Waals surface area contributed by atoms with Gasteiger partial charge in [-0.15, -0.1) is 10.2 Å². The molecule has 4 aromatic carbocycles. The molecule has 0 bridgehead atoms. The first-order valence-electron chi connectivity index (χ1n) is 15.1. The van der Waals surface area contributed by atoms with Crippen LogP contribution in [0.4, 0.5) is 34.4 Å². The summed E-state index contributed by atoms with van der Waals surface area (Å²) in [5.74, 6) is 0.109. The van der Waals surface area contributed by atoms with Crippen molar-refractivity contribution in [1.82, 2.24) is 19.6 Å². The van der Waals surface area contributed by atoms with E-state index in [4.69, 9.17) is 11.5 Å². The van der Waals surface area contributed by atoms with E-state index >= 15 is 0 Å². The number of aromatic nitrogens is 4. The van der Waals surface area contributed by atoms with Gasteiger partial charge in [0, 0.05) is 0 Å². The molecule has 0 atom stereocenters. The van der Waals surface area contributed by atoms with Gasteiger partial charge in [0.1, 0.15) is 0 Å². The van der Waals surface area contributed by atoms with Gasteiger partial charge in [-0.1, -0.05) is 12.1 Å². The maximum atomic E-state index is 13.4. The van der Waals surface area contributed by atoms with Crippen LogP contribution in [-0.2, 0) is 30.1 Å². The zero-order valence-corrected chi connectivity index (χ0v) is 30.0. The van der Waals surface area contributed by atoms with Crippen LogP contribution in [0, 0.1) is 13.8 Å². The predicted octanol–water partition coefficient (Wildman–Crippen LogP) is 6.00. The van der Waals surface area contributed by atoms with E-state index in [1.807, 2.05) is 0 Å². The average Bonchev–Trinajstić information content (AvgIpc) is 3.57. The average molecular weight is 777 g/mol. The number of benzene rings is 4. The highest BCUT2D eigenvalue weighted by Gasteiger charge is 2.20. The van der Waals surface area contributed by atoms with E-state index in [-0.39, 0.29) is 54.0 Å². The maximum absolute atomic E-state index is 13.4. The van der Waals surface area contributed by atoms with Gasteiger partial charge < -0.3 is 11.5 Å². The van der Waals surface area contributed by atoms with Crippen LogP contribution in [-0.4, -0.2) is 53.9 Å². The van der Waals surface area contributed by atoms with Gasteiger partial charge in [0.25, 0.3) is 20.2 Å². The summed E-state index contributed by atoms with van der Waals surface area (Å²) in [6, 6.07) is 22.1. The van der Waals surface area contributed by atoms with Crippen molar-refractivity contribution in [2.75, 3.05) is 11.5 Å². The van der Waals surface area contributed by atoms with E-state index in [2.05, 4.69) is 30.7 Å². The van der Waals surface area contributed by atoms with E-state index in [1.165, 1.54) is 94.3 Å². The number of nitrogen functional groups attached to an aromatic ring is 2. The van der Waals surface area contributed by atoms with Crippen LogP contribution in [0.1, 0.15) is 11.4 Å². The fraction of sp³-hybridized carbons (Fsp3) is 0.0625. The second kappa shape index (κ2) is 13.8. The molecule has 0 saturated heterocycles. The summed E-state index contributed by atoms with van der Waals surface area (Å²) in [6.45, 7) is 3.25. The topological polar surface area (TPSA) is 280 Å². The Bertz CT molecular complexity index is 2590. The predicted molar refractivity (Wildman–Crippen MR) is 192 cm³/mol. The molecular formula is C32H28N10O8S3. The molecule has 0 fully saturated rings. The molecule has 0 amide bonds. The summed E-state index contributed by atoms with van der Waals surface area (Å²) >= 11 is 0. The Balaban J connectivity index is 1.16. The third kappa shape index (κ3) is 7.59. The number of nitrogens with two attached hydrogens (primary N) is 2. The van der Waals surface area contributed by atoms with E-state index in [1.54, 1.807) is 26.0 Å². The zero-order valence-electron chi connectivity index (χ0n) is 27.5. The van der Waals surface area contributed by atoms with Crippen LogP contribution in [0.25, 0.3) is 11.4 Å². The minimum absolute atomic E-state index is 0.0121. The minimum Gasteiger partial charge on any atom is -0.382 e. The van der Waals surface area contributed by atoms with Crippen LogP contribution in [0.2, 0.25) is 0 Å². The normalized spacial score (nSPS) is 12.6. The molecule has 6 N–H and O–H groups in total. The summed E-state index contributed by atoms with van der Waals surface area (Å²) in [7, 11) is -12.9. The Kier molecular flexibility index (Phi) is 9.53. The van der Waals surface area contributed by atoms with Crippen molar-refractivity contribution in [2.24, 2.45) is 20.5 Å². The van der Waals surface area contributed by atoms with Gasteiger partial charge in [-0.05, 0) is 98.8 Å². The van der Waals surface area contributed by atoms with E-state index in [0.717, 1.165) is 0 Å². The largest absolute Gasteiger partial charge is 0.382 e. The Hall–Kier alpha value is -6.13. The monoisotopic (exact) mass is 776 g/mol. The number of anilines is 2. The number of sulfone groups is 1. The highest BCUT2D eigenvalue weighted by molar-refractivity contribution is 7.91. The van der Waals surface area contributed by atoms with Crippen molar-refractivity contribution in [3.8, 4) is 11.4 Å². The summed E-state index contributed by atoms with van der Waals surface area (Å²) < 4.78 is 94.2. The van der Waals surface area contributed by atoms with Gasteiger partial charge in [0.05, 0.1) is 53.7 Å². The van der Waals surface area contributed by atoms with Crippen LogP contribution in [0.15, 0.2) is 137 Å². The van der Waals surface area contributed by atoms with Gasteiger partial charge in [0.15, 0.2) is 23.0 Å². The second-order valence-corrected chi connectivity index (χ2v) is 16.1. The summed E-state index contributed by atoms with van der Waals surface area (Å²) in [6.07, 6.45) is 0.